The van der Waals surface area contributed by atoms with Crippen molar-refractivity contribution in [1.82, 2.24) is 15.5 Å². The number of carbonyl (C=O) groups excluding carboxylic acids is 1. The Morgan fingerprint density at radius 2 is 1.79 bits per heavy atom. The number of carbonyl (C=O) groups is 1. The molecule has 1 heterocycles. The fraction of sp³-hybridized carbons (Fsp3) is 0.619. The molecule has 1 saturated heterocycles. The zero-order valence-electron chi connectivity index (χ0n) is 17.9. The first-order chi connectivity index (χ1) is 12.9. The number of piperidine rings is 1. The molecule has 0 bridgehead atoms. The van der Waals surface area contributed by atoms with E-state index in [0.717, 1.165) is 25.6 Å². The molecular weight excluding hydrogens is 465 g/mol. The van der Waals surface area contributed by atoms with Crippen LogP contribution < -0.4 is 15.5 Å². The minimum atomic E-state index is -0.498. The van der Waals surface area contributed by atoms with Crippen LogP contribution in [0.5, 0.6) is 0 Å². The molecule has 0 atom stereocenters. The summed E-state index contributed by atoms with van der Waals surface area (Å²) in [7, 11) is 5.45. The molecule has 0 saturated carbocycles. The summed E-state index contributed by atoms with van der Waals surface area (Å²) in [5.74, 6) is 0.800. The second kappa shape index (κ2) is 11.5. The minimum absolute atomic E-state index is 0. The topological polar surface area (TPSA) is 60.0 Å². The third-order valence-electron chi connectivity index (χ3n) is 5.18. The van der Waals surface area contributed by atoms with Crippen molar-refractivity contribution in [2.75, 3.05) is 45.7 Å². The second-order valence-corrected chi connectivity index (χ2v) is 7.93. The lowest BCUT2D eigenvalue weighted by Crippen LogP contribution is -2.47. The van der Waals surface area contributed by atoms with Crippen LogP contribution in [-0.4, -0.2) is 57.5 Å². The molecule has 0 aliphatic carbocycles. The van der Waals surface area contributed by atoms with Gasteiger partial charge in [-0.15, -0.1) is 24.0 Å². The van der Waals surface area contributed by atoms with Crippen molar-refractivity contribution in [2.45, 2.75) is 39.7 Å². The Bertz CT molecular complexity index is 639. The number of hydrogen-bond acceptors (Lipinski definition) is 3. The molecule has 1 aliphatic heterocycles. The van der Waals surface area contributed by atoms with Crippen LogP contribution in [0.25, 0.3) is 0 Å². The lowest BCUT2D eigenvalue weighted by Gasteiger charge is -2.29. The van der Waals surface area contributed by atoms with Gasteiger partial charge in [-0.1, -0.05) is 12.1 Å². The van der Waals surface area contributed by atoms with Crippen molar-refractivity contribution in [3.8, 4) is 0 Å². The Balaban J connectivity index is 0.00000392. The minimum Gasteiger partial charge on any atom is -0.372 e. The molecule has 2 N–H and O–H groups in total. The third kappa shape index (κ3) is 6.83. The Labute approximate surface area is 187 Å². The molecule has 1 fully saturated rings. The third-order valence-corrected chi connectivity index (χ3v) is 5.18. The molecule has 0 radical (unpaired) electrons. The molecule has 0 aromatic heterocycles. The Morgan fingerprint density at radius 3 is 2.32 bits per heavy atom. The average Bonchev–Trinajstić information content (AvgIpc) is 2.69. The number of amides is 1. The van der Waals surface area contributed by atoms with E-state index in [1.807, 2.05) is 20.9 Å². The molecule has 158 valence electrons. The van der Waals surface area contributed by atoms with E-state index < -0.39 is 5.41 Å². The maximum absolute atomic E-state index is 11.9. The molecule has 1 aromatic rings. The number of nitrogens with one attached hydrogen (secondary N) is 2. The van der Waals surface area contributed by atoms with Crippen LogP contribution in [0.1, 0.15) is 38.7 Å². The highest BCUT2D eigenvalue weighted by Crippen LogP contribution is 2.20. The van der Waals surface area contributed by atoms with Gasteiger partial charge in [-0.05, 0) is 50.8 Å². The predicted octanol–water partition coefficient (Wildman–Crippen LogP) is 3.07. The van der Waals surface area contributed by atoms with Gasteiger partial charge < -0.3 is 20.4 Å². The first-order valence-corrected chi connectivity index (χ1v) is 9.85. The smallest absolute Gasteiger partial charge is 0.227 e. The standard InChI is InChI=1S/C21H35N5O.HI/c1-21(2,19(27)22-3)16-24-20(23-4)25(5)15-17-9-11-18(12-10-17)26-13-7-6-8-14-26;/h9-12H,6-8,13-16H2,1-5H3,(H,22,27)(H,23,24);1H. The van der Waals surface area contributed by atoms with E-state index in [-0.39, 0.29) is 29.9 Å². The molecule has 1 amide bonds. The van der Waals surface area contributed by atoms with Crippen LogP contribution >= 0.6 is 24.0 Å². The lowest BCUT2D eigenvalue weighted by molar-refractivity contribution is -0.128. The van der Waals surface area contributed by atoms with Gasteiger partial charge in [-0.25, -0.2) is 0 Å². The van der Waals surface area contributed by atoms with Crippen molar-refractivity contribution >= 4 is 41.5 Å². The number of guanidine groups is 1. The molecule has 28 heavy (non-hydrogen) atoms. The van der Waals surface area contributed by atoms with Crippen LogP contribution in [0.3, 0.4) is 0 Å². The van der Waals surface area contributed by atoms with E-state index in [1.54, 1.807) is 14.1 Å². The van der Waals surface area contributed by atoms with Gasteiger partial charge in [0.2, 0.25) is 5.91 Å². The summed E-state index contributed by atoms with van der Waals surface area (Å²) in [6, 6.07) is 8.84. The number of halogens is 1. The predicted molar refractivity (Wildman–Crippen MR) is 129 cm³/mol. The van der Waals surface area contributed by atoms with Crippen molar-refractivity contribution in [3.63, 3.8) is 0 Å². The van der Waals surface area contributed by atoms with Crippen LogP contribution in [0.15, 0.2) is 29.3 Å². The highest BCUT2D eigenvalue weighted by Gasteiger charge is 2.27. The second-order valence-electron chi connectivity index (χ2n) is 7.93. The number of aliphatic imine (C=N–C) groups is 1. The largest absolute Gasteiger partial charge is 0.372 e. The first-order valence-electron chi connectivity index (χ1n) is 9.85. The van der Waals surface area contributed by atoms with E-state index in [0.29, 0.717) is 6.54 Å². The molecule has 7 heteroatoms. The molecular formula is C21H36IN5O. The summed E-state index contributed by atoms with van der Waals surface area (Å²) >= 11 is 0. The van der Waals surface area contributed by atoms with Crippen molar-refractivity contribution < 1.29 is 4.79 Å². The Morgan fingerprint density at radius 1 is 1.18 bits per heavy atom. The van der Waals surface area contributed by atoms with Crippen LogP contribution in [-0.2, 0) is 11.3 Å². The van der Waals surface area contributed by atoms with Crippen molar-refractivity contribution in [1.29, 1.82) is 0 Å². The van der Waals surface area contributed by atoms with Gasteiger partial charge in [0.25, 0.3) is 0 Å². The van der Waals surface area contributed by atoms with Crippen LogP contribution in [0.2, 0.25) is 0 Å². The molecule has 0 unspecified atom stereocenters. The maximum atomic E-state index is 11.9. The van der Waals surface area contributed by atoms with Gasteiger partial charge in [-0.3, -0.25) is 9.79 Å². The summed E-state index contributed by atoms with van der Waals surface area (Å²) < 4.78 is 0. The molecule has 0 spiro atoms. The van der Waals surface area contributed by atoms with Gasteiger partial charge >= 0.3 is 0 Å². The Kier molecular flexibility index (Phi) is 10.1. The van der Waals surface area contributed by atoms with Gasteiger partial charge in [0.15, 0.2) is 5.96 Å². The number of benzene rings is 1. The molecule has 6 nitrogen and oxygen atoms in total. The monoisotopic (exact) mass is 501 g/mol. The van der Waals surface area contributed by atoms with Gasteiger partial charge in [0, 0.05) is 53.0 Å². The highest BCUT2D eigenvalue weighted by molar-refractivity contribution is 14.0. The summed E-state index contributed by atoms with van der Waals surface area (Å²) in [6.07, 6.45) is 3.93. The van der Waals surface area contributed by atoms with Crippen molar-refractivity contribution in [3.05, 3.63) is 29.8 Å². The fourth-order valence-corrected chi connectivity index (χ4v) is 3.42. The van der Waals surface area contributed by atoms with Gasteiger partial charge in [0.05, 0.1) is 5.41 Å². The number of rotatable bonds is 6. The van der Waals surface area contributed by atoms with E-state index >= 15 is 0 Å². The zero-order chi connectivity index (χ0) is 19.9. The molecule has 2 rings (SSSR count). The van der Waals surface area contributed by atoms with Gasteiger partial charge in [0.1, 0.15) is 0 Å². The number of hydrogen-bond donors (Lipinski definition) is 2. The quantitative estimate of drug-likeness (QED) is 0.358. The number of nitrogens with zero attached hydrogens (tertiary/aromatic N) is 3. The van der Waals surface area contributed by atoms with E-state index in [9.17, 15) is 4.79 Å². The SMILES string of the molecule is CN=C(NCC(C)(C)C(=O)NC)N(C)Cc1ccc(N2CCCCC2)cc1.I. The maximum Gasteiger partial charge on any atom is 0.227 e. The summed E-state index contributed by atoms with van der Waals surface area (Å²) in [4.78, 5) is 20.9. The van der Waals surface area contributed by atoms with Gasteiger partial charge in [-0.2, -0.15) is 0 Å². The normalized spacial score (nSPS) is 14.9. The van der Waals surface area contributed by atoms with Crippen LogP contribution in [0, 0.1) is 5.41 Å². The molecule has 1 aromatic carbocycles. The van der Waals surface area contributed by atoms with E-state index in [1.165, 1.54) is 30.5 Å². The fourth-order valence-electron chi connectivity index (χ4n) is 3.42. The van der Waals surface area contributed by atoms with E-state index in [2.05, 4.69) is 49.7 Å². The first kappa shape index (κ1) is 24.5. The summed E-state index contributed by atoms with van der Waals surface area (Å²) in [5.41, 5.74) is 2.06. The van der Waals surface area contributed by atoms with Crippen molar-refractivity contribution in [2.24, 2.45) is 10.4 Å². The summed E-state index contributed by atoms with van der Waals surface area (Å²) in [5, 5.41) is 6.03. The van der Waals surface area contributed by atoms with Crippen LogP contribution in [0.4, 0.5) is 5.69 Å². The summed E-state index contributed by atoms with van der Waals surface area (Å²) in [6.45, 7) is 7.46. The Hall–Kier alpha value is -1.51. The highest BCUT2D eigenvalue weighted by atomic mass is 127. The average molecular weight is 501 g/mol. The van der Waals surface area contributed by atoms with E-state index in [4.69, 9.17) is 0 Å². The lowest BCUT2D eigenvalue weighted by atomic mass is 9.92. The zero-order valence-corrected chi connectivity index (χ0v) is 20.2. The number of anilines is 1. The molecule has 1 aliphatic rings.